The van der Waals surface area contributed by atoms with E-state index in [0.717, 1.165) is 43.5 Å². The first-order valence-electron chi connectivity index (χ1n) is 12.6. The summed E-state index contributed by atoms with van der Waals surface area (Å²) < 4.78 is 11.4. The number of ether oxygens (including phenoxy) is 2. The van der Waals surface area contributed by atoms with Gasteiger partial charge in [-0.25, -0.2) is 4.99 Å². The number of hydrogen-bond donors (Lipinski definition) is 1. The standard InChI is InChI=1S/C25H31N5O3S.C2H6/c1-29(12-19-6-3-2-5-18(19)11-26)25(31)24-23(28-17-30-9-4-7-21(27)13-30)20(16-34-24)14-33-22-8-10-32-15-22;1-2/h2-3,5-6,16-17,21-22H,4,7-10,12-15,27H2,1H3;1-2H3/t21-,22?;/m1./s1. The Hall–Kier alpha value is -2.77. The number of carbonyl (C=O) groups is 1. The third-order valence-corrected chi connectivity index (χ3v) is 7.13. The highest BCUT2D eigenvalue weighted by Crippen LogP contribution is 2.33. The molecule has 0 aliphatic carbocycles. The van der Waals surface area contributed by atoms with E-state index in [9.17, 15) is 10.1 Å². The predicted octanol–water partition coefficient (Wildman–Crippen LogP) is 4.31. The van der Waals surface area contributed by atoms with Gasteiger partial charge in [0, 0.05) is 44.9 Å². The van der Waals surface area contributed by atoms with Gasteiger partial charge in [-0.1, -0.05) is 32.0 Å². The minimum absolute atomic E-state index is 0.0705. The van der Waals surface area contributed by atoms with Crippen molar-refractivity contribution in [2.24, 2.45) is 10.7 Å². The average molecular weight is 512 g/mol. The Morgan fingerprint density at radius 2 is 2.17 bits per heavy atom. The van der Waals surface area contributed by atoms with Crippen LogP contribution in [0.1, 0.15) is 59.5 Å². The van der Waals surface area contributed by atoms with Gasteiger partial charge in [-0.2, -0.15) is 5.26 Å². The molecule has 2 N–H and O–H groups in total. The van der Waals surface area contributed by atoms with Gasteiger partial charge in [0.1, 0.15) is 4.88 Å². The maximum absolute atomic E-state index is 13.4. The lowest BCUT2D eigenvalue weighted by Crippen LogP contribution is -2.41. The second-order valence-electron chi connectivity index (χ2n) is 8.81. The van der Waals surface area contributed by atoms with Gasteiger partial charge in [0.05, 0.1) is 43.0 Å². The first-order valence-corrected chi connectivity index (χ1v) is 13.5. The van der Waals surface area contributed by atoms with E-state index in [0.29, 0.717) is 42.5 Å². The molecule has 4 rings (SSSR count). The van der Waals surface area contributed by atoms with Crippen LogP contribution in [0.4, 0.5) is 5.69 Å². The summed E-state index contributed by atoms with van der Waals surface area (Å²) in [5.41, 5.74) is 9.04. The van der Waals surface area contributed by atoms with Crippen LogP contribution in [0, 0.1) is 11.3 Å². The zero-order valence-corrected chi connectivity index (χ0v) is 22.3. The van der Waals surface area contributed by atoms with Gasteiger partial charge in [-0.3, -0.25) is 4.79 Å². The van der Waals surface area contributed by atoms with Crippen molar-refractivity contribution in [3.8, 4) is 6.07 Å². The lowest BCUT2D eigenvalue weighted by molar-refractivity contribution is 0.0321. The molecule has 194 valence electrons. The van der Waals surface area contributed by atoms with Crippen LogP contribution in [0.3, 0.4) is 0 Å². The predicted molar refractivity (Wildman–Crippen MR) is 144 cm³/mol. The van der Waals surface area contributed by atoms with Crippen LogP contribution in [0.15, 0.2) is 34.6 Å². The van der Waals surface area contributed by atoms with E-state index >= 15 is 0 Å². The highest BCUT2D eigenvalue weighted by atomic mass is 32.1. The van der Waals surface area contributed by atoms with E-state index in [2.05, 4.69) is 11.0 Å². The van der Waals surface area contributed by atoms with Crippen molar-refractivity contribution in [2.45, 2.75) is 58.4 Å². The van der Waals surface area contributed by atoms with Crippen molar-refractivity contribution in [2.75, 3.05) is 33.4 Å². The second-order valence-corrected chi connectivity index (χ2v) is 9.69. The fraction of sp³-hybridized carbons (Fsp3) is 0.519. The fourth-order valence-corrected chi connectivity index (χ4v) is 5.18. The number of rotatable bonds is 8. The molecule has 0 spiro atoms. The van der Waals surface area contributed by atoms with Crippen LogP contribution in [0.5, 0.6) is 0 Å². The number of thiophene rings is 1. The number of benzene rings is 1. The maximum atomic E-state index is 13.4. The Kier molecular flexibility index (Phi) is 10.9. The van der Waals surface area contributed by atoms with Gasteiger partial charge < -0.3 is 25.0 Å². The zero-order valence-electron chi connectivity index (χ0n) is 21.5. The third-order valence-electron chi connectivity index (χ3n) is 6.13. The number of hydrogen-bond acceptors (Lipinski definition) is 7. The molecule has 2 saturated heterocycles. The van der Waals surface area contributed by atoms with Crippen LogP contribution in [0.25, 0.3) is 0 Å². The Morgan fingerprint density at radius 1 is 1.36 bits per heavy atom. The quantitative estimate of drug-likeness (QED) is 0.418. The molecular weight excluding hydrogens is 474 g/mol. The number of likely N-dealkylation sites (tertiary alicyclic amines) is 1. The van der Waals surface area contributed by atoms with Crippen molar-refractivity contribution in [1.82, 2.24) is 9.80 Å². The van der Waals surface area contributed by atoms with Gasteiger partial charge >= 0.3 is 0 Å². The molecule has 1 aromatic carbocycles. The van der Waals surface area contributed by atoms with Crippen LogP contribution in [0.2, 0.25) is 0 Å². The Labute approximate surface area is 218 Å². The number of aliphatic imine (C=N–C) groups is 1. The topological polar surface area (TPSA) is 104 Å². The van der Waals surface area contributed by atoms with Gasteiger partial charge in [-0.05, 0) is 36.3 Å². The normalized spacial score (nSPS) is 19.6. The van der Waals surface area contributed by atoms with Crippen LogP contribution in [-0.4, -0.2) is 67.5 Å². The highest BCUT2D eigenvalue weighted by molar-refractivity contribution is 7.12. The van der Waals surface area contributed by atoms with E-state index in [4.69, 9.17) is 20.2 Å². The van der Waals surface area contributed by atoms with Crippen LogP contribution >= 0.6 is 11.3 Å². The summed E-state index contributed by atoms with van der Waals surface area (Å²) in [6.07, 6.45) is 4.80. The maximum Gasteiger partial charge on any atom is 0.266 e. The van der Waals surface area contributed by atoms with Crippen LogP contribution in [-0.2, 0) is 22.6 Å². The van der Waals surface area contributed by atoms with Crippen molar-refractivity contribution in [1.29, 1.82) is 5.26 Å². The molecule has 1 aromatic heterocycles. The van der Waals surface area contributed by atoms with Crippen molar-refractivity contribution in [3.05, 3.63) is 51.2 Å². The number of nitrogens with two attached hydrogens (primary N) is 1. The molecule has 0 bridgehead atoms. The van der Waals surface area contributed by atoms with Gasteiger partial charge in [-0.15, -0.1) is 11.3 Å². The second kappa shape index (κ2) is 14.1. The molecule has 0 saturated carbocycles. The van der Waals surface area contributed by atoms with Crippen molar-refractivity contribution >= 4 is 29.3 Å². The summed E-state index contributed by atoms with van der Waals surface area (Å²) in [4.78, 5) is 22.5. The van der Waals surface area contributed by atoms with E-state index in [-0.39, 0.29) is 18.1 Å². The molecule has 2 atom stereocenters. The number of nitrogens with zero attached hydrogens (tertiary/aromatic N) is 4. The summed E-state index contributed by atoms with van der Waals surface area (Å²) in [5, 5.41) is 11.3. The molecule has 2 aromatic rings. The Bertz CT molecular complexity index is 1060. The highest BCUT2D eigenvalue weighted by Gasteiger charge is 2.24. The van der Waals surface area contributed by atoms with Gasteiger partial charge in [0.2, 0.25) is 0 Å². The molecule has 8 nitrogen and oxygen atoms in total. The lowest BCUT2D eigenvalue weighted by atomic mass is 10.1. The largest absolute Gasteiger partial charge is 0.379 e. The van der Waals surface area contributed by atoms with Gasteiger partial charge in [0.15, 0.2) is 0 Å². The summed E-state index contributed by atoms with van der Waals surface area (Å²) in [6.45, 7) is 7.70. The first kappa shape index (κ1) is 27.8. The van der Waals surface area contributed by atoms with E-state index < -0.39 is 0 Å². The molecule has 0 radical (unpaired) electrons. The average Bonchev–Trinajstić information content (AvgIpc) is 3.57. The van der Waals surface area contributed by atoms with Crippen LogP contribution < -0.4 is 5.73 Å². The first-order chi connectivity index (χ1) is 17.5. The third kappa shape index (κ3) is 7.37. The molecule has 36 heavy (non-hydrogen) atoms. The van der Waals surface area contributed by atoms with E-state index in [1.807, 2.05) is 43.8 Å². The number of carbonyl (C=O) groups excluding carboxylic acids is 1. The summed E-state index contributed by atoms with van der Waals surface area (Å²) in [6, 6.07) is 9.67. The van der Waals surface area contributed by atoms with E-state index in [1.165, 1.54) is 11.3 Å². The minimum Gasteiger partial charge on any atom is -0.379 e. The number of amides is 1. The molecule has 2 aliphatic rings. The van der Waals surface area contributed by atoms with E-state index in [1.54, 1.807) is 18.0 Å². The monoisotopic (exact) mass is 511 g/mol. The zero-order chi connectivity index (χ0) is 25.9. The smallest absolute Gasteiger partial charge is 0.266 e. The molecule has 2 aliphatic heterocycles. The summed E-state index contributed by atoms with van der Waals surface area (Å²) in [5.74, 6) is -0.129. The summed E-state index contributed by atoms with van der Waals surface area (Å²) in [7, 11) is 1.75. The fourth-order valence-electron chi connectivity index (χ4n) is 4.19. The Balaban J connectivity index is 0.00000176. The SMILES string of the molecule is CC.CN(Cc1ccccc1C#N)C(=O)c1scc(COC2CCOC2)c1N=CN1CCC[C@@H](N)C1. The Morgan fingerprint density at radius 3 is 2.89 bits per heavy atom. The number of nitriles is 1. The lowest BCUT2D eigenvalue weighted by Gasteiger charge is -2.28. The summed E-state index contributed by atoms with van der Waals surface area (Å²) >= 11 is 1.38. The molecule has 2 fully saturated rings. The molecule has 3 heterocycles. The molecule has 1 amide bonds. The van der Waals surface area contributed by atoms with Crippen molar-refractivity contribution in [3.63, 3.8) is 0 Å². The number of piperidine rings is 1. The molecule has 1 unspecified atom stereocenters. The van der Waals surface area contributed by atoms with Crippen molar-refractivity contribution < 1.29 is 14.3 Å². The molecule has 9 heteroatoms. The molecular formula is C27H37N5O3S. The van der Waals surface area contributed by atoms with Gasteiger partial charge in [0.25, 0.3) is 5.91 Å². The minimum atomic E-state index is -0.129.